The van der Waals surface area contributed by atoms with Crippen molar-refractivity contribution < 1.29 is 9.53 Å². The molecule has 54 valence electrons. The number of carbonyl (C=O) groups is 1. The number of carbonyl (C=O) groups excluding carboxylic acids is 1. The second-order valence-corrected chi connectivity index (χ2v) is 1.34. The molecule has 9 heavy (non-hydrogen) atoms. The molecule has 2 heteroatoms. The number of ketones is 1. The highest BCUT2D eigenvalue weighted by atomic mass is 16.5. The van der Waals surface area contributed by atoms with E-state index in [-0.39, 0.29) is 12.4 Å². The minimum atomic E-state index is 0.0850. The fourth-order valence-corrected chi connectivity index (χ4v) is 0.246. The molecule has 0 bridgehead atoms. The zero-order valence-corrected chi connectivity index (χ0v) is 6.14. The van der Waals surface area contributed by atoms with Crippen molar-refractivity contribution >= 4 is 5.78 Å². The van der Waals surface area contributed by atoms with E-state index in [1.807, 2.05) is 6.92 Å². The topological polar surface area (TPSA) is 26.3 Å². The Morgan fingerprint density at radius 1 is 1.56 bits per heavy atom. The lowest BCUT2D eigenvalue weighted by molar-refractivity contribution is -0.121. The van der Waals surface area contributed by atoms with Crippen LogP contribution in [-0.2, 0) is 9.53 Å². The molecule has 0 amide bonds. The molecule has 0 saturated heterocycles. The molecule has 0 heterocycles. The van der Waals surface area contributed by atoms with E-state index in [1.165, 1.54) is 6.92 Å². The molecule has 0 aliphatic carbocycles. The molecule has 0 N–H and O–H groups in total. The smallest absolute Gasteiger partial charge is 0.155 e. The number of hydrogen-bond acceptors (Lipinski definition) is 2. The van der Waals surface area contributed by atoms with Crippen molar-refractivity contribution in [2.24, 2.45) is 0 Å². The average molecular weight is 130 g/mol. The largest absolute Gasteiger partial charge is 0.374 e. The van der Waals surface area contributed by atoms with Crippen molar-refractivity contribution in [3.05, 3.63) is 13.2 Å². The van der Waals surface area contributed by atoms with Crippen LogP contribution >= 0.6 is 0 Å². The van der Waals surface area contributed by atoms with E-state index in [4.69, 9.17) is 4.74 Å². The van der Waals surface area contributed by atoms with Crippen LogP contribution in [0.25, 0.3) is 0 Å². The summed E-state index contributed by atoms with van der Waals surface area (Å²) >= 11 is 0. The highest BCUT2D eigenvalue weighted by Crippen LogP contribution is 1.72. The van der Waals surface area contributed by atoms with E-state index in [0.717, 1.165) is 0 Å². The molecule has 0 spiro atoms. The lowest BCUT2D eigenvalue weighted by Crippen LogP contribution is -2.02. The van der Waals surface area contributed by atoms with Crippen LogP contribution in [0.2, 0.25) is 0 Å². The second-order valence-electron chi connectivity index (χ2n) is 1.34. The molecule has 0 aliphatic heterocycles. The molecule has 0 aromatic rings. The summed E-state index contributed by atoms with van der Waals surface area (Å²) in [6, 6.07) is 0. The van der Waals surface area contributed by atoms with E-state index >= 15 is 0 Å². The van der Waals surface area contributed by atoms with Crippen LogP contribution in [0, 0.1) is 0 Å². The maximum Gasteiger partial charge on any atom is 0.155 e. The predicted molar refractivity (Wildman–Crippen MR) is 38.4 cm³/mol. The van der Waals surface area contributed by atoms with Crippen molar-refractivity contribution in [2.45, 2.75) is 13.8 Å². The molecular formula is C7H14O2. The van der Waals surface area contributed by atoms with Gasteiger partial charge in [-0.2, -0.15) is 0 Å². The molecule has 0 radical (unpaired) electrons. The highest BCUT2D eigenvalue weighted by Gasteiger charge is 1.86. The first-order valence-corrected chi connectivity index (χ1v) is 2.84. The minimum Gasteiger partial charge on any atom is -0.374 e. The summed E-state index contributed by atoms with van der Waals surface area (Å²) in [5.74, 6) is 0.0850. The van der Waals surface area contributed by atoms with E-state index in [0.29, 0.717) is 6.61 Å². The van der Waals surface area contributed by atoms with Crippen molar-refractivity contribution in [2.75, 3.05) is 13.2 Å². The molecule has 2 nitrogen and oxygen atoms in total. The third-order valence-electron chi connectivity index (χ3n) is 0.509. The molecule has 0 rings (SSSR count). The highest BCUT2D eigenvalue weighted by molar-refractivity contribution is 5.76. The fraction of sp³-hybridized carbons (Fsp3) is 0.571. The Kier molecular flexibility index (Phi) is 12.9. The zero-order valence-electron chi connectivity index (χ0n) is 6.14. The SMILES string of the molecule is C=C.CCOCC(C)=O. The van der Waals surface area contributed by atoms with Gasteiger partial charge in [0.2, 0.25) is 0 Å². The van der Waals surface area contributed by atoms with Crippen LogP contribution in [0.3, 0.4) is 0 Å². The number of Topliss-reactive ketones (excluding diaryl/α,β-unsaturated/α-hetero) is 1. The lowest BCUT2D eigenvalue weighted by Gasteiger charge is -1.91. The van der Waals surface area contributed by atoms with Crippen LogP contribution < -0.4 is 0 Å². The summed E-state index contributed by atoms with van der Waals surface area (Å²) in [4.78, 5) is 10.1. The standard InChI is InChI=1S/C5H10O2.C2H4/c1-3-7-4-5(2)6;1-2/h3-4H2,1-2H3;1-2H2. The van der Waals surface area contributed by atoms with Gasteiger partial charge in [-0.1, -0.05) is 0 Å². The molecule has 0 aliphatic rings. The lowest BCUT2D eigenvalue weighted by atomic mass is 10.5. The molecule has 0 aromatic heterocycles. The Morgan fingerprint density at radius 2 is 2.00 bits per heavy atom. The van der Waals surface area contributed by atoms with E-state index in [2.05, 4.69) is 13.2 Å². The van der Waals surface area contributed by atoms with Gasteiger partial charge in [0.1, 0.15) is 6.61 Å². The summed E-state index contributed by atoms with van der Waals surface area (Å²) in [5, 5.41) is 0. The Bertz CT molecular complexity index is 69.3. The first kappa shape index (κ1) is 11.2. The predicted octanol–water partition coefficient (Wildman–Crippen LogP) is 1.41. The maximum absolute atomic E-state index is 10.1. The first-order valence-electron chi connectivity index (χ1n) is 2.84. The van der Waals surface area contributed by atoms with Crippen molar-refractivity contribution in [1.82, 2.24) is 0 Å². The van der Waals surface area contributed by atoms with Crippen LogP contribution in [0.5, 0.6) is 0 Å². The summed E-state index contributed by atoms with van der Waals surface area (Å²) in [6.45, 7) is 10.3. The van der Waals surface area contributed by atoms with Crippen LogP contribution in [0.1, 0.15) is 13.8 Å². The van der Waals surface area contributed by atoms with Gasteiger partial charge in [-0.3, -0.25) is 4.79 Å². The van der Waals surface area contributed by atoms with Crippen molar-refractivity contribution in [1.29, 1.82) is 0 Å². The van der Waals surface area contributed by atoms with Crippen LogP contribution in [0.15, 0.2) is 13.2 Å². The van der Waals surface area contributed by atoms with Crippen LogP contribution in [0.4, 0.5) is 0 Å². The summed E-state index contributed by atoms with van der Waals surface area (Å²) in [6.07, 6.45) is 0. The van der Waals surface area contributed by atoms with Gasteiger partial charge in [0.25, 0.3) is 0 Å². The molecule has 0 unspecified atom stereocenters. The van der Waals surface area contributed by atoms with E-state index in [1.54, 1.807) is 0 Å². The summed E-state index contributed by atoms with van der Waals surface area (Å²) < 4.78 is 4.75. The monoisotopic (exact) mass is 130 g/mol. The molecule has 0 saturated carbocycles. The van der Waals surface area contributed by atoms with Gasteiger partial charge in [0.05, 0.1) is 0 Å². The quantitative estimate of drug-likeness (QED) is 0.540. The van der Waals surface area contributed by atoms with Gasteiger partial charge in [0, 0.05) is 6.61 Å². The first-order chi connectivity index (χ1) is 4.27. The second kappa shape index (κ2) is 10.4. The van der Waals surface area contributed by atoms with Gasteiger partial charge in [-0.05, 0) is 13.8 Å². The van der Waals surface area contributed by atoms with Crippen molar-refractivity contribution in [3.63, 3.8) is 0 Å². The van der Waals surface area contributed by atoms with Gasteiger partial charge in [-0.25, -0.2) is 0 Å². The zero-order chi connectivity index (χ0) is 7.70. The summed E-state index contributed by atoms with van der Waals surface area (Å²) in [5.41, 5.74) is 0. The number of ether oxygens (including phenoxy) is 1. The Labute approximate surface area is 56.5 Å². The van der Waals surface area contributed by atoms with Gasteiger partial charge < -0.3 is 4.74 Å². The molecule has 0 aromatic carbocycles. The van der Waals surface area contributed by atoms with Gasteiger partial charge in [-0.15, -0.1) is 13.2 Å². The van der Waals surface area contributed by atoms with Gasteiger partial charge >= 0.3 is 0 Å². The Hall–Kier alpha value is -0.630. The summed E-state index contributed by atoms with van der Waals surface area (Å²) in [7, 11) is 0. The molecule has 0 atom stereocenters. The number of hydrogen-bond donors (Lipinski definition) is 0. The third-order valence-corrected chi connectivity index (χ3v) is 0.509. The van der Waals surface area contributed by atoms with Crippen LogP contribution in [-0.4, -0.2) is 19.0 Å². The minimum absolute atomic E-state index is 0.0850. The average Bonchev–Trinajstić information content (AvgIpc) is 1.88. The Morgan fingerprint density at radius 3 is 2.11 bits per heavy atom. The fourth-order valence-electron chi connectivity index (χ4n) is 0.246. The third kappa shape index (κ3) is 18.7. The molecule has 0 fully saturated rings. The number of rotatable bonds is 3. The molecular weight excluding hydrogens is 116 g/mol. The van der Waals surface area contributed by atoms with E-state index in [9.17, 15) is 4.79 Å². The van der Waals surface area contributed by atoms with Crippen molar-refractivity contribution in [3.8, 4) is 0 Å². The van der Waals surface area contributed by atoms with Gasteiger partial charge in [0.15, 0.2) is 5.78 Å². The Balaban J connectivity index is 0. The maximum atomic E-state index is 10.1. The normalized spacial score (nSPS) is 7.33. The van der Waals surface area contributed by atoms with E-state index < -0.39 is 0 Å².